The Balaban J connectivity index is 0. The van der Waals surface area contributed by atoms with Crippen LogP contribution in [0.3, 0.4) is 0 Å². The van der Waals surface area contributed by atoms with E-state index < -0.39 is 9.29 Å². The van der Waals surface area contributed by atoms with Crippen molar-refractivity contribution >= 4 is 28.9 Å². The molecular formula is MoO2S2Si. The molecule has 0 atom stereocenters. The van der Waals surface area contributed by atoms with E-state index in [0.29, 0.717) is 0 Å². The van der Waals surface area contributed by atoms with E-state index in [9.17, 15) is 0 Å². The fourth-order valence-electron chi connectivity index (χ4n) is 0. The van der Waals surface area contributed by atoms with Crippen molar-refractivity contribution < 1.29 is 23.8 Å². The molecule has 6 heteroatoms. The SMILES string of the molecule is O=[Si]=O.[S]=[Mo]=[S]. The molecule has 0 amide bonds. The first kappa shape index (κ1) is 10.0. The Labute approximate surface area is 52.7 Å². The molecule has 0 N–H and O–H groups in total. The van der Waals surface area contributed by atoms with Crippen LogP contribution in [0.25, 0.3) is 0 Å². The molecule has 0 unspecified atom stereocenters. The second-order valence-electron chi connectivity index (χ2n) is 0.151. The minimum absolute atomic E-state index is 0.363. The van der Waals surface area contributed by atoms with E-state index >= 15 is 0 Å². The Kier molecular flexibility index (Phi) is 28.0. The van der Waals surface area contributed by atoms with Gasteiger partial charge in [0, 0.05) is 0 Å². The first-order chi connectivity index (χ1) is 2.83. The standard InChI is InChI=1S/Mo.O2Si.2S/c;1-3-2;;. The summed E-state index contributed by atoms with van der Waals surface area (Å²) < 4.78 is 16.8. The van der Waals surface area contributed by atoms with Gasteiger partial charge in [-0.15, -0.1) is 0 Å². The Bertz CT molecular complexity index is 65.5. The Morgan fingerprint density at radius 2 is 1.33 bits per heavy atom. The summed E-state index contributed by atoms with van der Waals surface area (Å²) >= 11 is -0.363. The van der Waals surface area contributed by atoms with E-state index in [-0.39, 0.29) is 14.9 Å². The van der Waals surface area contributed by atoms with E-state index in [4.69, 9.17) is 8.92 Å². The predicted molar refractivity (Wildman–Crippen MR) is 22.3 cm³/mol. The zero-order valence-electron chi connectivity index (χ0n) is 2.54. The van der Waals surface area contributed by atoms with Crippen LogP contribution in [0.2, 0.25) is 0 Å². The summed E-state index contributed by atoms with van der Waals surface area (Å²) in [5.74, 6) is 0. The fourth-order valence-corrected chi connectivity index (χ4v) is 0. The van der Waals surface area contributed by atoms with Crippen molar-refractivity contribution in [2.24, 2.45) is 0 Å². The molecule has 0 spiro atoms. The van der Waals surface area contributed by atoms with Gasteiger partial charge in [0.2, 0.25) is 0 Å². The summed E-state index contributed by atoms with van der Waals surface area (Å²) in [6, 6.07) is 0. The van der Waals surface area contributed by atoms with Crippen molar-refractivity contribution in [2.75, 3.05) is 0 Å². The van der Waals surface area contributed by atoms with Crippen LogP contribution < -0.4 is 0 Å². The van der Waals surface area contributed by atoms with Gasteiger partial charge in [-0.3, -0.25) is 8.92 Å². The Hall–Kier alpha value is 0.945. The number of rotatable bonds is 0. The third-order valence-electron chi connectivity index (χ3n) is 0. The van der Waals surface area contributed by atoms with Crippen molar-refractivity contribution in [2.45, 2.75) is 0 Å². The summed E-state index contributed by atoms with van der Waals surface area (Å²) in [7, 11) is 7.26. The molecule has 0 heterocycles. The van der Waals surface area contributed by atoms with Gasteiger partial charge in [-0.25, -0.2) is 0 Å². The van der Waals surface area contributed by atoms with Crippen molar-refractivity contribution in [1.82, 2.24) is 0 Å². The quantitative estimate of drug-likeness (QED) is 0.562. The van der Waals surface area contributed by atoms with Gasteiger partial charge in [0.15, 0.2) is 0 Å². The molecule has 0 saturated carbocycles. The van der Waals surface area contributed by atoms with Gasteiger partial charge < -0.3 is 0 Å². The zero-order valence-corrected chi connectivity index (χ0v) is 7.18. The molecule has 0 rings (SSSR count). The predicted octanol–water partition coefficient (Wildman–Crippen LogP) is 0.675. The van der Waals surface area contributed by atoms with Gasteiger partial charge in [-0.05, 0) is 0 Å². The molecule has 34 valence electrons. The first-order valence-electron chi connectivity index (χ1n) is 0.742. The van der Waals surface area contributed by atoms with E-state index in [2.05, 4.69) is 19.6 Å². The van der Waals surface area contributed by atoms with Crippen LogP contribution in [-0.4, -0.2) is 9.29 Å². The normalized spacial score (nSPS) is 3.33. The average Bonchev–Trinajstić information content (AvgIpc) is 1.39. The van der Waals surface area contributed by atoms with Gasteiger partial charge >= 0.3 is 43.9 Å². The van der Waals surface area contributed by atoms with Gasteiger partial charge in [0.25, 0.3) is 0 Å². The molecule has 0 fully saturated rings. The molecule has 2 nitrogen and oxygen atoms in total. The molecule has 0 aliphatic heterocycles. The molecule has 0 aromatic rings. The van der Waals surface area contributed by atoms with Crippen LogP contribution in [0, 0.1) is 0 Å². The molecule has 0 saturated heterocycles. The van der Waals surface area contributed by atoms with E-state index in [1.165, 1.54) is 0 Å². The Morgan fingerprint density at radius 1 is 1.33 bits per heavy atom. The third-order valence-corrected chi connectivity index (χ3v) is 0. The van der Waals surface area contributed by atoms with Crippen molar-refractivity contribution in [3.63, 3.8) is 0 Å². The van der Waals surface area contributed by atoms with Crippen LogP contribution in [0.4, 0.5) is 0 Å². The summed E-state index contributed by atoms with van der Waals surface area (Å²) in [5.41, 5.74) is 0. The summed E-state index contributed by atoms with van der Waals surface area (Å²) in [4.78, 5) is 0. The van der Waals surface area contributed by atoms with Crippen LogP contribution in [0.1, 0.15) is 0 Å². The molecular weight excluding hydrogens is 220 g/mol. The fraction of sp³-hybridized carbons (Fsp3) is 0. The van der Waals surface area contributed by atoms with Crippen LogP contribution in [0.15, 0.2) is 0 Å². The molecule has 0 aromatic carbocycles. The maximum atomic E-state index is 8.40. The van der Waals surface area contributed by atoms with Crippen molar-refractivity contribution in [3.05, 3.63) is 0 Å². The molecule has 0 aliphatic rings. The molecule has 6 heavy (non-hydrogen) atoms. The number of hydrogen-bond donors (Lipinski definition) is 0. The zero-order chi connectivity index (χ0) is 5.41. The van der Waals surface area contributed by atoms with Gasteiger partial charge in [0.05, 0.1) is 0 Å². The second-order valence-corrected chi connectivity index (χ2v) is 3.87. The van der Waals surface area contributed by atoms with E-state index in [1.807, 2.05) is 0 Å². The van der Waals surface area contributed by atoms with Crippen LogP contribution in [-0.2, 0) is 23.8 Å². The van der Waals surface area contributed by atoms with Gasteiger partial charge in [-0.1, -0.05) is 0 Å². The minimum atomic E-state index is -1.42. The van der Waals surface area contributed by atoms with E-state index in [1.54, 1.807) is 0 Å². The van der Waals surface area contributed by atoms with E-state index in [0.717, 1.165) is 0 Å². The Morgan fingerprint density at radius 3 is 1.33 bits per heavy atom. The molecule has 0 aromatic heterocycles. The van der Waals surface area contributed by atoms with Crippen molar-refractivity contribution in [1.29, 1.82) is 0 Å². The van der Waals surface area contributed by atoms with Crippen LogP contribution in [0.5, 0.6) is 0 Å². The molecule has 0 aliphatic carbocycles. The van der Waals surface area contributed by atoms with Gasteiger partial charge in [-0.2, -0.15) is 0 Å². The first-order valence-corrected chi connectivity index (χ1v) is 7.14. The third kappa shape index (κ3) is 86.2. The summed E-state index contributed by atoms with van der Waals surface area (Å²) in [6.07, 6.45) is 0. The topological polar surface area (TPSA) is 34.1 Å². The van der Waals surface area contributed by atoms with Crippen LogP contribution >= 0.6 is 19.6 Å². The van der Waals surface area contributed by atoms with Crippen molar-refractivity contribution in [3.8, 4) is 0 Å². The second kappa shape index (κ2) is 16.8. The summed E-state index contributed by atoms with van der Waals surface area (Å²) in [5, 5.41) is 0. The average molecular weight is 220 g/mol. The molecule has 0 bridgehead atoms. The number of hydrogen-bond acceptors (Lipinski definition) is 4. The molecule has 0 radical (unpaired) electrons. The summed E-state index contributed by atoms with van der Waals surface area (Å²) in [6.45, 7) is 0. The van der Waals surface area contributed by atoms with Gasteiger partial charge in [0.1, 0.15) is 0 Å². The monoisotopic (exact) mass is 222 g/mol. The maximum absolute atomic E-state index is 8.40.